The van der Waals surface area contributed by atoms with E-state index < -0.39 is 6.10 Å². The second kappa shape index (κ2) is 60.6. The SMILES string of the molecule is CC/C=C\C/C=C\C/C=C\C/C=C\C/C=C\C/C=C\CCCCCCCCCCC(=O)OCC(COC(=O)CCCCCCCCCCC)OC(=O)CCCCCCCC/C=C\C/C=C\C/C=C\CCCCC. The number of ether oxygens (including phenoxy) is 3. The zero-order valence-corrected chi connectivity index (χ0v) is 47.6. The lowest BCUT2D eigenvalue weighted by Gasteiger charge is -2.18. The number of unbranched alkanes of at least 4 members (excludes halogenated alkanes) is 25. The van der Waals surface area contributed by atoms with Crippen LogP contribution < -0.4 is 0 Å². The van der Waals surface area contributed by atoms with E-state index in [1.165, 1.54) is 109 Å². The lowest BCUT2D eigenvalue weighted by molar-refractivity contribution is -0.167. The third kappa shape index (κ3) is 58.8. The van der Waals surface area contributed by atoms with E-state index in [4.69, 9.17) is 14.2 Å². The molecule has 0 saturated carbocycles. The summed E-state index contributed by atoms with van der Waals surface area (Å²) < 4.78 is 16.8. The van der Waals surface area contributed by atoms with Crippen LogP contribution in [0.25, 0.3) is 0 Å². The van der Waals surface area contributed by atoms with E-state index in [-0.39, 0.29) is 31.1 Å². The summed E-state index contributed by atoms with van der Waals surface area (Å²) in [6.45, 7) is 6.47. The van der Waals surface area contributed by atoms with Crippen molar-refractivity contribution in [1.82, 2.24) is 0 Å². The molecule has 6 heteroatoms. The highest BCUT2D eigenvalue weighted by Gasteiger charge is 2.19. The summed E-state index contributed by atoms with van der Waals surface area (Å²) >= 11 is 0. The first kappa shape index (κ1) is 69.1. The molecule has 0 heterocycles. The molecular weight excluding hydrogens is 901 g/mol. The predicted molar refractivity (Wildman–Crippen MR) is 316 cm³/mol. The lowest BCUT2D eigenvalue weighted by Crippen LogP contribution is -2.30. The summed E-state index contributed by atoms with van der Waals surface area (Å²) in [6, 6.07) is 0. The molecule has 0 fully saturated rings. The number of rotatable bonds is 54. The van der Waals surface area contributed by atoms with Gasteiger partial charge in [-0.05, 0) is 109 Å². The van der Waals surface area contributed by atoms with E-state index in [1.807, 2.05) is 0 Å². The van der Waals surface area contributed by atoms with Gasteiger partial charge in [-0.2, -0.15) is 0 Å². The fourth-order valence-corrected chi connectivity index (χ4v) is 8.22. The number of esters is 3. The maximum Gasteiger partial charge on any atom is 0.306 e. The van der Waals surface area contributed by atoms with Gasteiger partial charge in [0.05, 0.1) is 0 Å². The number of hydrogen-bond acceptors (Lipinski definition) is 6. The topological polar surface area (TPSA) is 78.9 Å². The van der Waals surface area contributed by atoms with E-state index in [1.54, 1.807) is 0 Å². The van der Waals surface area contributed by atoms with Gasteiger partial charge in [0.25, 0.3) is 0 Å². The predicted octanol–water partition coefficient (Wildman–Crippen LogP) is 20.7. The van der Waals surface area contributed by atoms with Crippen molar-refractivity contribution in [2.75, 3.05) is 13.2 Å². The molecule has 0 aromatic rings. The van der Waals surface area contributed by atoms with Gasteiger partial charge in [0.15, 0.2) is 6.10 Å². The minimum atomic E-state index is -0.788. The van der Waals surface area contributed by atoms with Crippen molar-refractivity contribution < 1.29 is 28.6 Å². The van der Waals surface area contributed by atoms with Gasteiger partial charge in [-0.25, -0.2) is 0 Å². The zero-order valence-electron chi connectivity index (χ0n) is 47.6. The Hall–Kier alpha value is -3.93. The Bertz CT molecular complexity index is 1490. The van der Waals surface area contributed by atoms with E-state index in [2.05, 4.69) is 130 Å². The molecule has 1 unspecified atom stereocenters. The molecule has 73 heavy (non-hydrogen) atoms. The molecule has 1 atom stereocenters. The fraction of sp³-hybridized carbons (Fsp3) is 0.687. The highest BCUT2D eigenvalue weighted by atomic mass is 16.6. The Morgan fingerprint density at radius 2 is 0.534 bits per heavy atom. The Morgan fingerprint density at radius 3 is 0.863 bits per heavy atom. The van der Waals surface area contributed by atoms with E-state index >= 15 is 0 Å². The normalized spacial score (nSPS) is 12.9. The third-order valence-electron chi connectivity index (χ3n) is 12.8. The molecule has 0 N–H and O–H groups in total. The number of carbonyl (C=O) groups excluding carboxylic acids is 3. The molecule has 0 aromatic carbocycles. The first-order valence-electron chi connectivity index (χ1n) is 30.4. The minimum Gasteiger partial charge on any atom is -0.462 e. The maximum atomic E-state index is 12.9. The molecule has 0 bridgehead atoms. The summed E-state index contributed by atoms with van der Waals surface area (Å²) in [5.41, 5.74) is 0. The van der Waals surface area contributed by atoms with Crippen molar-refractivity contribution in [2.24, 2.45) is 0 Å². The number of allylic oxidation sites excluding steroid dienone is 18. The largest absolute Gasteiger partial charge is 0.462 e. The standard InChI is InChI=1S/C67H112O6/c1-4-7-10-13-16-19-21-23-25-27-29-30-31-32-33-34-35-36-38-39-41-43-45-48-51-54-57-60-66(69)72-63-64(62-71-65(68)59-56-53-50-47-18-15-12-9-6-3)73-67(70)61-58-55-52-49-46-44-42-40-37-28-26-24-22-20-17-14-11-8-5-2/h7,10,16-17,19-20,23-26,29-30,32-33,35-37,40,64H,4-6,8-9,11-15,18,21-22,27-28,31,34,38-39,41-63H2,1-3H3/b10-7-,19-16-,20-17-,25-23-,26-24-,30-29-,33-32-,36-35-,40-37-. The molecule has 0 aliphatic carbocycles. The monoisotopic (exact) mass is 1010 g/mol. The molecule has 0 amide bonds. The van der Waals surface area contributed by atoms with Crippen LogP contribution in [0.5, 0.6) is 0 Å². The summed E-state index contributed by atoms with van der Waals surface area (Å²) in [5.74, 6) is -0.906. The average Bonchev–Trinajstić information content (AvgIpc) is 3.39. The maximum absolute atomic E-state index is 12.9. The molecule has 0 rings (SSSR count). The second-order valence-corrected chi connectivity index (χ2v) is 19.9. The van der Waals surface area contributed by atoms with Gasteiger partial charge in [-0.15, -0.1) is 0 Å². The van der Waals surface area contributed by atoms with Crippen molar-refractivity contribution in [1.29, 1.82) is 0 Å². The smallest absolute Gasteiger partial charge is 0.306 e. The molecule has 416 valence electrons. The summed E-state index contributed by atoms with van der Waals surface area (Å²) in [4.78, 5) is 38.1. The van der Waals surface area contributed by atoms with Crippen molar-refractivity contribution in [3.8, 4) is 0 Å². The van der Waals surface area contributed by atoms with Gasteiger partial charge in [0.1, 0.15) is 13.2 Å². The summed E-state index contributed by atoms with van der Waals surface area (Å²) in [7, 11) is 0. The van der Waals surface area contributed by atoms with Crippen molar-refractivity contribution in [2.45, 2.75) is 284 Å². The molecule has 0 aromatic heterocycles. The second-order valence-electron chi connectivity index (χ2n) is 19.9. The highest BCUT2D eigenvalue weighted by Crippen LogP contribution is 2.15. The van der Waals surface area contributed by atoms with Crippen LogP contribution in [0.2, 0.25) is 0 Å². The van der Waals surface area contributed by atoms with Gasteiger partial charge in [0, 0.05) is 19.3 Å². The third-order valence-corrected chi connectivity index (χ3v) is 12.8. The molecule has 0 saturated heterocycles. The van der Waals surface area contributed by atoms with Crippen LogP contribution in [0, 0.1) is 0 Å². The van der Waals surface area contributed by atoms with Gasteiger partial charge in [-0.3, -0.25) is 14.4 Å². The van der Waals surface area contributed by atoms with Crippen LogP contribution >= 0.6 is 0 Å². The Balaban J connectivity index is 4.28. The van der Waals surface area contributed by atoms with E-state index in [0.717, 1.165) is 128 Å². The summed E-state index contributed by atoms with van der Waals surface area (Å²) in [5, 5.41) is 0. The minimum absolute atomic E-state index is 0.0854. The first-order valence-corrected chi connectivity index (χ1v) is 30.4. The van der Waals surface area contributed by atoms with Crippen molar-refractivity contribution >= 4 is 17.9 Å². The van der Waals surface area contributed by atoms with Crippen LogP contribution in [0.1, 0.15) is 278 Å². The van der Waals surface area contributed by atoms with Crippen LogP contribution in [0.3, 0.4) is 0 Å². The Morgan fingerprint density at radius 1 is 0.288 bits per heavy atom. The molecule has 0 spiro atoms. The van der Waals surface area contributed by atoms with Gasteiger partial charge in [-0.1, -0.05) is 259 Å². The Labute approximate surface area is 450 Å². The van der Waals surface area contributed by atoms with Gasteiger partial charge < -0.3 is 14.2 Å². The fourth-order valence-electron chi connectivity index (χ4n) is 8.22. The molecule has 0 aliphatic heterocycles. The molecular formula is C67H112O6. The Kier molecular flexibility index (Phi) is 57.4. The molecule has 0 aliphatic rings. The number of carbonyl (C=O) groups is 3. The van der Waals surface area contributed by atoms with Gasteiger partial charge in [0.2, 0.25) is 0 Å². The summed E-state index contributed by atoms with van der Waals surface area (Å²) in [6.07, 6.45) is 82.3. The molecule has 6 nitrogen and oxygen atoms in total. The van der Waals surface area contributed by atoms with Crippen LogP contribution in [0.4, 0.5) is 0 Å². The number of hydrogen-bond donors (Lipinski definition) is 0. The van der Waals surface area contributed by atoms with E-state index in [9.17, 15) is 14.4 Å². The van der Waals surface area contributed by atoms with Crippen molar-refractivity contribution in [3.05, 3.63) is 109 Å². The van der Waals surface area contributed by atoms with Crippen LogP contribution in [0.15, 0.2) is 109 Å². The quantitative estimate of drug-likeness (QED) is 0.0261. The lowest BCUT2D eigenvalue weighted by atomic mass is 10.1. The van der Waals surface area contributed by atoms with Crippen LogP contribution in [-0.4, -0.2) is 37.2 Å². The van der Waals surface area contributed by atoms with E-state index in [0.29, 0.717) is 19.3 Å². The molecule has 0 radical (unpaired) electrons. The average molecular weight is 1010 g/mol. The van der Waals surface area contributed by atoms with Crippen molar-refractivity contribution in [3.63, 3.8) is 0 Å². The highest BCUT2D eigenvalue weighted by molar-refractivity contribution is 5.71. The van der Waals surface area contributed by atoms with Crippen LogP contribution in [-0.2, 0) is 28.6 Å². The van der Waals surface area contributed by atoms with Gasteiger partial charge >= 0.3 is 17.9 Å². The first-order chi connectivity index (χ1) is 36.0. The zero-order chi connectivity index (χ0) is 52.9.